The van der Waals surface area contributed by atoms with Gasteiger partial charge in [0, 0.05) is 23.6 Å². The molecule has 1 N–H and O–H groups in total. The van der Waals surface area contributed by atoms with E-state index in [0.29, 0.717) is 5.56 Å². The molecule has 0 aliphatic carbocycles. The lowest BCUT2D eigenvalue weighted by molar-refractivity contribution is 0.0939. The Bertz CT molecular complexity index is 895. The first kappa shape index (κ1) is 15.1. The monoisotopic (exact) mass is 386 g/mol. The molecule has 8 heteroatoms. The number of fused-ring (bicyclic) bond motifs is 1. The molecule has 0 spiro atoms. The summed E-state index contributed by atoms with van der Waals surface area (Å²) in [5, 5.41) is 15.4. The van der Waals surface area contributed by atoms with Crippen molar-refractivity contribution in [3.8, 4) is 0 Å². The van der Waals surface area contributed by atoms with E-state index >= 15 is 0 Å². The summed E-state index contributed by atoms with van der Waals surface area (Å²) >= 11 is 3.42. The molecule has 0 bridgehead atoms. The maximum Gasteiger partial charge on any atom is 0.252 e. The van der Waals surface area contributed by atoms with Crippen molar-refractivity contribution >= 4 is 33.3 Å². The molecule has 2 aromatic heterocycles. The van der Waals surface area contributed by atoms with Crippen LogP contribution in [0.4, 0.5) is 5.82 Å². The number of carbonyl (C=O) groups is 1. The molecule has 0 saturated carbocycles. The standard InChI is InChI=1S/C16H15BrN6O/c17-13-4-2-1-3-12(13)16(24)19-11-7-8-22(9-11)15-6-5-14-20-18-10-23(14)21-15/h1-6,10-11H,7-9H2,(H,19,24)/t11-/m0/s1. The molecule has 1 aliphatic heterocycles. The Morgan fingerprint density at radius 2 is 2.12 bits per heavy atom. The van der Waals surface area contributed by atoms with E-state index in [1.165, 1.54) is 0 Å². The SMILES string of the molecule is O=C(N[C@H]1CCN(c2ccc3nncn3n2)C1)c1ccccc1Br. The van der Waals surface area contributed by atoms with Gasteiger partial charge in [-0.05, 0) is 46.6 Å². The Labute approximate surface area is 146 Å². The average molecular weight is 387 g/mol. The van der Waals surface area contributed by atoms with Crippen molar-refractivity contribution in [2.45, 2.75) is 12.5 Å². The molecule has 122 valence electrons. The van der Waals surface area contributed by atoms with Crippen molar-refractivity contribution < 1.29 is 4.79 Å². The van der Waals surface area contributed by atoms with Gasteiger partial charge in [-0.3, -0.25) is 4.79 Å². The van der Waals surface area contributed by atoms with E-state index < -0.39 is 0 Å². The van der Waals surface area contributed by atoms with E-state index in [4.69, 9.17) is 0 Å². The highest BCUT2D eigenvalue weighted by Gasteiger charge is 2.26. The maximum absolute atomic E-state index is 12.4. The molecule has 24 heavy (non-hydrogen) atoms. The second kappa shape index (κ2) is 6.20. The van der Waals surface area contributed by atoms with Gasteiger partial charge in [-0.15, -0.1) is 15.3 Å². The van der Waals surface area contributed by atoms with Crippen LogP contribution in [0.3, 0.4) is 0 Å². The molecule has 4 rings (SSSR count). The molecule has 7 nitrogen and oxygen atoms in total. The van der Waals surface area contributed by atoms with Gasteiger partial charge in [0.2, 0.25) is 0 Å². The third kappa shape index (κ3) is 2.84. The summed E-state index contributed by atoms with van der Waals surface area (Å²) in [5.74, 6) is 0.802. The molecule has 1 saturated heterocycles. The summed E-state index contributed by atoms with van der Waals surface area (Å²) in [5.41, 5.74) is 1.37. The zero-order chi connectivity index (χ0) is 16.5. The van der Waals surface area contributed by atoms with Crippen molar-refractivity contribution in [1.82, 2.24) is 25.1 Å². The fourth-order valence-corrected chi connectivity index (χ4v) is 3.35. The number of amides is 1. The van der Waals surface area contributed by atoms with E-state index in [0.717, 1.165) is 35.4 Å². The molecular weight excluding hydrogens is 372 g/mol. The summed E-state index contributed by atoms with van der Waals surface area (Å²) in [6.07, 6.45) is 2.47. The maximum atomic E-state index is 12.4. The minimum Gasteiger partial charge on any atom is -0.353 e. The topological polar surface area (TPSA) is 75.4 Å². The number of nitrogens with one attached hydrogen (secondary N) is 1. The summed E-state index contributed by atoms with van der Waals surface area (Å²) in [7, 11) is 0. The number of aromatic nitrogens is 4. The number of carbonyl (C=O) groups excluding carboxylic acids is 1. The average Bonchev–Trinajstić information content (AvgIpc) is 3.23. The predicted molar refractivity (Wildman–Crippen MR) is 93.0 cm³/mol. The zero-order valence-corrected chi connectivity index (χ0v) is 14.3. The fraction of sp³-hybridized carbons (Fsp3) is 0.250. The molecule has 3 heterocycles. The molecule has 0 radical (unpaired) electrons. The minimum absolute atomic E-state index is 0.0588. The van der Waals surface area contributed by atoms with E-state index in [1.807, 2.05) is 36.4 Å². The van der Waals surface area contributed by atoms with Crippen molar-refractivity contribution in [2.75, 3.05) is 18.0 Å². The zero-order valence-electron chi connectivity index (χ0n) is 12.8. The first-order valence-electron chi connectivity index (χ1n) is 7.68. The number of rotatable bonds is 3. The molecular formula is C16H15BrN6O. The van der Waals surface area contributed by atoms with Gasteiger partial charge in [-0.1, -0.05) is 12.1 Å². The number of anilines is 1. The van der Waals surface area contributed by atoms with Crippen molar-refractivity contribution in [3.63, 3.8) is 0 Å². The lowest BCUT2D eigenvalue weighted by Crippen LogP contribution is -2.37. The summed E-state index contributed by atoms with van der Waals surface area (Å²) in [6, 6.07) is 11.4. The van der Waals surface area contributed by atoms with Crippen LogP contribution in [0.1, 0.15) is 16.8 Å². The summed E-state index contributed by atoms with van der Waals surface area (Å²) < 4.78 is 2.46. The second-order valence-electron chi connectivity index (χ2n) is 5.71. The summed E-state index contributed by atoms with van der Waals surface area (Å²) in [4.78, 5) is 14.6. The van der Waals surface area contributed by atoms with Crippen LogP contribution in [0, 0.1) is 0 Å². The number of hydrogen-bond acceptors (Lipinski definition) is 5. The molecule has 1 amide bonds. The van der Waals surface area contributed by atoms with Crippen molar-refractivity contribution in [2.24, 2.45) is 0 Å². The molecule has 1 atom stereocenters. The Kier molecular flexibility index (Phi) is 3.89. The Hall–Kier alpha value is -2.48. The number of halogens is 1. The largest absolute Gasteiger partial charge is 0.353 e. The summed E-state index contributed by atoms with van der Waals surface area (Å²) in [6.45, 7) is 1.58. The molecule has 1 fully saturated rings. The highest BCUT2D eigenvalue weighted by atomic mass is 79.9. The van der Waals surface area contributed by atoms with Crippen LogP contribution in [-0.4, -0.2) is 44.8 Å². The molecule has 1 aliphatic rings. The van der Waals surface area contributed by atoms with Gasteiger partial charge in [-0.25, -0.2) is 0 Å². The smallest absolute Gasteiger partial charge is 0.252 e. The molecule has 3 aromatic rings. The van der Waals surface area contributed by atoms with Crippen LogP contribution in [-0.2, 0) is 0 Å². The van der Waals surface area contributed by atoms with Gasteiger partial charge >= 0.3 is 0 Å². The highest BCUT2D eigenvalue weighted by Crippen LogP contribution is 2.20. The quantitative estimate of drug-likeness (QED) is 0.743. The number of nitrogens with zero attached hydrogens (tertiary/aromatic N) is 5. The number of hydrogen-bond donors (Lipinski definition) is 1. The van der Waals surface area contributed by atoms with Crippen molar-refractivity contribution in [1.29, 1.82) is 0 Å². The van der Waals surface area contributed by atoms with E-state index in [1.54, 1.807) is 10.8 Å². The first-order valence-corrected chi connectivity index (χ1v) is 8.47. The van der Waals surface area contributed by atoms with E-state index in [2.05, 4.69) is 41.4 Å². The number of benzene rings is 1. The molecule has 0 unspecified atom stereocenters. The van der Waals surface area contributed by atoms with Gasteiger partial charge in [-0.2, -0.15) is 4.52 Å². The van der Waals surface area contributed by atoms with Gasteiger partial charge in [0.25, 0.3) is 5.91 Å². The van der Waals surface area contributed by atoms with E-state index in [9.17, 15) is 4.79 Å². The lowest BCUT2D eigenvalue weighted by atomic mass is 10.2. The van der Waals surface area contributed by atoms with Gasteiger partial charge < -0.3 is 10.2 Å². The second-order valence-corrected chi connectivity index (χ2v) is 6.56. The van der Waals surface area contributed by atoms with Gasteiger partial charge in [0.15, 0.2) is 5.65 Å². The van der Waals surface area contributed by atoms with Crippen LogP contribution in [0.25, 0.3) is 5.65 Å². The Balaban J connectivity index is 1.44. The predicted octanol–water partition coefficient (Wildman–Crippen LogP) is 1.90. The lowest BCUT2D eigenvalue weighted by Gasteiger charge is -2.18. The van der Waals surface area contributed by atoms with Gasteiger partial charge in [0.1, 0.15) is 12.1 Å². The van der Waals surface area contributed by atoms with Crippen LogP contribution in [0.5, 0.6) is 0 Å². The van der Waals surface area contributed by atoms with Crippen LogP contribution in [0.15, 0.2) is 47.2 Å². The normalized spacial score (nSPS) is 17.4. The van der Waals surface area contributed by atoms with Crippen LogP contribution >= 0.6 is 15.9 Å². The van der Waals surface area contributed by atoms with Crippen LogP contribution in [0.2, 0.25) is 0 Å². The Morgan fingerprint density at radius 3 is 3.00 bits per heavy atom. The Morgan fingerprint density at radius 1 is 1.25 bits per heavy atom. The van der Waals surface area contributed by atoms with Crippen LogP contribution < -0.4 is 10.2 Å². The highest BCUT2D eigenvalue weighted by molar-refractivity contribution is 9.10. The van der Waals surface area contributed by atoms with Gasteiger partial charge in [0.05, 0.1) is 5.56 Å². The minimum atomic E-state index is -0.0588. The molecule has 1 aromatic carbocycles. The van der Waals surface area contributed by atoms with E-state index in [-0.39, 0.29) is 11.9 Å². The third-order valence-corrected chi connectivity index (χ3v) is 4.81. The third-order valence-electron chi connectivity index (χ3n) is 4.11. The van der Waals surface area contributed by atoms with Crippen molar-refractivity contribution in [3.05, 3.63) is 52.8 Å². The fourth-order valence-electron chi connectivity index (χ4n) is 2.88. The first-order chi connectivity index (χ1) is 11.7.